The van der Waals surface area contributed by atoms with Crippen LogP contribution in [-0.2, 0) is 21.2 Å². The Bertz CT molecular complexity index is 1060. The highest BCUT2D eigenvalue weighted by molar-refractivity contribution is 7.91. The first-order valence-electron chi connectivity index (χ1n) is 7.95. The summed E-state index contributed by atoms with van der Waals surface area (Å²) >= 11 is 0. The van der Waals surface area contributed by atoms with Crippen molar-refractivity contribution in [3.05, 3.63) is 72.2 Å². The van der Waals surface area contributed by atoms with Gasteiger partial charge in [-0.3, -0.25) is 0 Å². The van der Waals surface area contributed by atoms with Crippen molar-refractivity contribution in [2.75, 3.05) is 7.05 Å². The van der Waals surface area contributed by atoms with E-state index in [4.69, 9.17) is 9.15 Å². The van der Waals surface area contributed by atoms with E-state index in [9.17, 15) is 17.6 Å². The van der Waals surface area contributed by atoms with E-state index < -0.39 is 21.7 Å². The van der Waals surface area contributed by atoms with E-state index in [1.54, 1.807) is 24.3 Å². The second-order valence-corrected chi connectivity index (χ2v) is 7.45. The van der Waals surface area contributed by atoms with Gasteiger partial charge in [-0.2, -0.15) is 0 Å². The lowest BCUT2D eigenvalue weighted by Gasteiger charge is -2.06. The summed E-state index contributed by atoms with van der Waals surface area (Å²) in [4.78, 5) is 11.1. The third-order valence-electron chi connectivity index (χ3n) is 3.76. The molecular formula is C19H16FNO5S. The first kappa shape index (κ1) is 18.7. The van der Waals surface area contributed by atoms with E-state index in [0.29, 0.717) is 0 Å². The second kappa shape index (κ2) is 7.63. The summed E-state index contributed by atoms with van der Waals surface area (Å²) in [7, 11) is -2.58. The molecular weight excluding hydrogens is 373 g/mol. The van der Waals surface area contributed by atoms with Crippen LogP contribution in [0.25, 0.3) is 11.3 Å². The molecule has 0 unspecified atom stereocenters. The van der Waals surface area contributed by atoms with E-state index in [0.717, 1.165) is 0 Å². The summed E-state index contributed by atoms with van der Waals surface area (Å²) in [6, 6.07) is 14.7. The number of carbonyl (C=O) groups excluding carboxylic acids is 1. The minimum atomic E-state index is -3.97. The van der Waals surface area contributed by atoms with Crippen molar-refractivity contribution in [1.82, 2.24) is 5.32 Å². The Kier molecular flexibility index (Phi) is 5.27. The van der Waals surface area contributed by atoms with Gasteiger partial charge in [-0.05, 0) is 24.3 Å². The molecule has 2 aromatic carbocycles. The van der Waals surface area contributed by atoms with E-state index in [1.165, 1.54) is 43.4 Å². The van der Waals surface area contributed by atoms with E-state index >= 15 is 0 Å². The highest BCUT2D eigenvalue weighted by Gasteiger charge is 2.28. The van der Waals surface area contributed by atoms with Crippen LogP contribution >= 0.6 is 0 Å². The number of hydrogen-bond acceptors (Lipinski definition) is 5. The van der Waals surface area contributed by atoms with Crippen LogP contribution in [0.5, 0.6) is 0 Å². The molecule has 0 fully saturated rings. The molecule has 0 aliphatic heterocycles. The molecule has 1 aromatic heterocycles. The third kappa shape index (κ3) is 3.85. The van der Waals surface area contributed by atoms with Gasteiger partial charge >= 0.3 is 6.09 Å². The van der Waals surface area contributed by atoms with Crippen LogP contribution in [0.4, 0.5) is 9.18 Å². The normalized spacial score (nSPS) is 11.2. The van der Waals surface area contributed by atoms with Crippen LogP contribution in [0.2, 0.25) is 0 Å². The molecule has 27 heavy (non-hydrogen) atoms. The number of carbonyl (C=O) groups is 1. The Morgan fingerprint density at radius 2 is 1.78 bits per heavy atom. The Balaban J connectivity index is 2.12. The number of hydrogen-bond donors (Lipinski definition) is 1. The molecule has 8 heteroatoms. The minimum Gasteiger partial charge on any atom is -0.456 e. The molecule has 0 radical (unpaired) electrons. The summed E-state index contributed by atoms with van der Waals surface area (Å²) in [5, 5.41) is 2.27. The zero-order valence-electron chi connectivity index (χ0n) is 14.3. The Hall–Kier alpha value is -3.13. The van der Waals surface area contributed by atoms with E-state index in [1.807, 2.05) is 0 Å². The largest absolute Gasteiger partial charge is 0.456 e. The molecule has 1 amide bonds. The van der Waals surface area contributed by atoms with Gasteiger partial charge in [0.05, 0.1) is 10.5 Å². The predicted molar refractivity (Wildman–Crippen MR) is 95.2 cm³/mol. The molecule has 0 saturated carbocycles. The summed E-state index contributed by atoms with van der Waals surface area (Å²) in [5.41, 5.74) is -0.00167. The van der Waals surface area contributed by atoms with Gasteiger partial charge in [-0.1, -0.05) is 30.3 Å². The predicted octanol–water partition coefficient (Wildman–Crippen LogP) is 3.77. The average molecular weight is 389 g/mol. The molecule has 0 saturated heterocycles. The van der Waals surface area contributed by atoms with Crippen molar-refractivity contribution in [3.63, 3.8) is 0 Å². The van der Waals surface area contributed by atoms with Crippen molar-refractivity contribution in [2.24, 2.45) is 0 Å². The Morgan fingerprint density at radius 3 is 2.44 bits per heavy atom. The summed E-state index contributed by atoms with van der Waals surface area (Å²) in [6.07, 6.45) is -0.702. The smallest absolute Gasteiger partial charge is 0.407 e. The second-order valence-electron chi connectivity index (χ2n) is 5.53. The molecule has 3 rings (SSSR count). The molecule has 0 aliphatic rings. The Labute approximate surface area is 155 Å². The highest BCUT2D eigenvalue weighted by Crippen LogP contribution is 2.35. The summed E-state index contributed by atoms with van der Waals surface area (Å²) < 4.78 is 50.8. The molecule has 140 valence electrons. The minimum absolute atomic E-state index is 0.00167. The van der Waals surface area contributed by atoms with Crippen molar-refractivity contribution in [1.29, 1.82) is 0 Å². The lowest BCUT2D eigenvalue weighted by atomic mass is 10.1. The molecule has 0 spiro atoms. The average Bonchev–Trinajstić information content (AvgIpc) is 3.12. The lowest BCUT2D eigenvalue weighted by Crippen LogP contribution is -2.18. The third-order valence-corrected chi connectivity index (χ3v) is 5.54. The number of rotatable bonds is 5. The van der Waals surface area contributed by atoms with Crippen molar-refractivity contribution in [3.8, 4) is 11.3 Å². The summed E-state index contributed by atoms with van der Waals surface area (Å²) in [6.45, 7) is -0.300. The van der Waals surface area contributed by atoms with Gasteiger partial charge in [-0.25, -0.2) is 17.6 Å². The van der Waals surface area contributed by atoms with Gasteiger partial charge in [0.2, 0.25) is 9.84 Å². The van der Waals surface area contributed by atoms with Crippen LogP contribution in [-0.4, -0.2) is 21.6 Å². The fourth-order valence-corrected chi connectivity index (χ4v) is 3.91. The maximum Gasteiger partial charge on any atom is 0.407 e. The maximum absolute atomic E-state index is 14.3. The molecule has 6 nitrogen and oxygen atoms in total. The lowest BCUT2D eigenvalue weighted by molar-refractivity contribution is 0.133. The highest BCUT2D eigenvalue weighted by atomic mass is 32.2. The van der Waals surface area contributed by atoms with Crippen LogP contribution in [0.15, 0.2) is 74.9 Å². The number of furan rings is 1. The zero-order valence-corrected chi connectivity index (χ0v) is 15.1. The molecule has 1 N–H and O–H groups in total. The number of halogens is 1. The number of benzene rings is 2. The number of ether oxygens (including phenoxy) is 1. The van der Waals surface area contributed by atoms with Crippen LogP contribution in [0.1, 0.15) is 5.76 Å². The van der Waals surface area contributed by atoms with Crippen LogP contribution in [0.3, 0.4) is 0 Å². The number of alkyl carbamates (subject to hydrolysis) is 1. The van der Waals surface area contributed by atoms with Crippen LogP contribution in [0, 0.1) is 5.82 Å². The Morgan fingerprint density at radius 1 is 1.11 bits per heavy atom. The van der Waals surface area contributed by atoms with Gasteiger partial charge < -0.3 is 14.5 Å². The number of nitrogens with one attached hydrogen (secondary N) is 1. The van der Waals surface area contributed by atoms with Crippen molar-refractivity contribution >= 4 is 15.9 Å². The zero-order chi connectivity index (χ0) is 19.4. The van der Waals surface area contributed by atoms with Crippen molar-refractivity contribution in [2.45, 2.75) is 16.4 Å². The van der Waals surface area contributed by atoms with Crippen LogP contribution < -0.4 is 5.32 Å². The van der Waals surface area contributed by atoms with Crippen molar-refractivity contribution < 1.29 is 26.8 Å². The molecule has 1 heterocycles. The SMILES string of the molecule is CNC(=O)OCc1cc(S(=O)(=O)c2ccccc2)c(-c2ccccc2F)o1. The van der Waals surface area contributed by atoms with Gasteiger partial charge in [0, 0.05) is 13.1 Å². The summed E-state index contributed by atoms with van der Waals surface area (Å²) in [5.74, 6) is -0.700. The topological polar surface area (TPSA) is 85.6 Å². The standard InChI is InChI=1S/C19H16FNO5S/c1-21-19(22)25-12-13-11-17(27(23,24)14-7-3-2-4-8-14)18(26-13)15-9-5-6-10-16(15)20/h2-11H,12H2,1H3,(H,21,22). The first-order chi connectivity index (χ1) is 12.9. The van der Waals surface area contributed by atoms with Gasteiger partial charge in [0.25, 0.3) is 0 Å². The van der Waals surface area contributed by atoms with Gasteiger partial charge in [0.15, 0.2) is 12.4 Å². The molecule has 3 aromatic rings. The number of sulfone groups is 1. The van der Waals surface area contributed by atoms with Gasteiger partial charge in [0.1, 0.15) is 16.5 Å². The quantitative estimate of drug-likeness (QED) is 0.718. The first-order valence-corrected chi connectivity index (χ1v) is 9.44. The fourth-order valence-electron chi connectivity index (χ4n) is 2.46. The fraction of sp³-hybridized carbons (Fsp3) is 0.105. The van der Waals surface area contributed by atoms with Gasteiger partial charge in [-0.15, -0.1) is 0 Å². The molecule has 0 aliphatic carbocycles. The van der Waals surface area contributed by atoms with E-state index in [-0.39, 0.29) is 33.5 Å². The molecule has 0 atom stereocenters. The maximum atomic E-state index is 14.3. The number of amides is 1. The van der Waals surface area contributed by atoms with E-state index in [2.05, 4.69) is 5.32 Å². The molecule has 0 bridgehead atoms. The monoisotopic (exact) mass is 389 g/mol.